The first kappa shape index (κ1) is 11.3. The van der Waals surface area contributed by atoms with Crippen molar-refractivity contribution in [1.82, 2.24) is 4.90 Å². The molecule has 1 fully saturated rings. The first-order valence-corrected chi connectivity index (χ1v) is 5.01. The fourth-order valence-corrected chi connectivity index (χ4v) is 1.46. The quantitative estimate of drug-likeness (QED) is 0.709. The molecule has 0 saturated carbocycles. The minimum Gasteiger partial charge on any atom is -0.450 e. The molecule has 0 aromatic rings. The van der Waals surface area contributed by atoms with E-state index in [-0.39, 0.29) is 12.2 Å². The standard InChI is InChI=1S/C9H18N2O3/c1-2-13-9(12)11-5-6-14-8(7-11)3-4-10/h8H,2-7,10H2,1H3. The number of hydrogen-bond acceptors (Lipinski definition) is 4. The summed E-state index contributed by atoms with van der Waals surface area (Å²) in [5, 5.41) is 0. The topological polar surface area (TPSA) is 64.8 Å². The van der Waals surface area contributed by atoms with E-state index in [4.69, 9.17) is 15.2 Å². The maximum Gasteiger partial charge on any atom is 0.409 e. The first-order chi connectivity index (χ1) is 6.77. The smallest absolute Gasteiger partial charge is 0.409 e. The molecular weight excluding hydrogens is 184 g/mol. The second kappa shape index (κ2) is 5.82. The van der Waals surface area contributed by atoms with Gasteiger partial charge in [-0.2, -0.15) is 0 Å². The van der Waals surface area contributed by atoms with E-state index in [2.05, 4.69) is 0 Å². The Bertz CT molecular complexity index is 185. The van der Waals surface area contributed by atoms with E-state index < -0.39 is 0 Å². The minimum absolute atomic E-state index is 0.0677. The number of rotatable bonds is 3. The Morgan fingerprint density at radius 3 is 3.14 bits per heavy atom. The number of carbonyl (C=O) groups excluding carboxylic acids is 1. The van der Waals surface area contributed by atoms with Gasteiger partial charge in [0.05, 0.1) is 25.9 Å². The predicted molar refractivity (Wildman–Crippen MR) is 52.0 cm³/mol. The molecule has 1 aliphatic rings. The molecule has 1 atom stereocenters. The number of amides is 1. The van der Waals surface area contributed by atoms with Crippen molar-refractivity contribution in [2.45, 2.75) is 19.4 Å². The average molecular weight is 202 g/mol. The van der Waals surface area contributed by atoms with E-state index in [0.29, 0.717) is 32.8 Å². The van der Waals surface area contributed by atoms with Crippen LogP contribution in [0.4, 0.5) is 4.79 Å². The molecule has 0 radical (unpaired) electrons. The van der Waals surface area contributed by atoms with Gasteiger partial charge in [-0.1, -0.05) is 0 Å². The van der Waals surface area contributed by atoms with Crippen LogP contribution in [0, 0.1) is 0 Å². The number of ether oxygens (including phenoxy) is 2. The van der Waals surface area contributed by atoms with Gasteiger partial charge in [-0.05, 0) is 19.9 Å². The zero-order valence-electron chi connectivity index (χ0n) is 8.57. The lowest BCUT2D eigenvalue weighted by Crippen LogP contribution is -2.46. The highest BCUT2D eigenvalue weighted by Crippen LogP contribution is 2.08. The summed E-state index contributed by atoms with van der Waals surface area (Å²) in [6, 6.07) is 0. The molecule has 1 rings (SSSR count). The van der Waals surface area contributed by atoms with Crippen LogP contribution in [0.1, 0.15) is 13.3 Å². The van der Waals surface area contributed by atoms with Gasteiger partial charge in [-0.15, -0.1) is 0 Å². The Morgan fingerprint density at radius 1 is 1.71 bits per heavy atom. The maximum atomic E-state index is 11.4. The van der Waals surface area contributed by atoms with E-state index in [1.807, 2.05) is 0 Å². The number of morpholine rings is 1. The van der Waals surface area contributed by atoms with Gasteiger partial charge in [-0.25, -0.2) is 4.79 Å². The molecule has 82 valence electrons. The average Bonchev–Trinajstić information content (AvgIpc) is 2.19. The first-order valence-electron chi connectivity index (χ1n) is 5.01. The molecule has 5 nitrogen and oxygen atoms in total. The normalized spacial score (nSPS) is 22.1. The third-order valence-electron chi connectivity index (χ3n) is 2.15. The molecule has 1 aliphatic heterocycles. The van der Waals surface area contributed by atoms with Gasteiger partial charge in [0.2, 0.25) is 0 Å². The summed E-state index contributed by atoms with van der Waals surface area (Å²) in [6.45, 7) is 4.58. The molecule has 5 heteroatoms. The Hall–Kier alpha value is -0.810. The Labute approximate surface area is 84.1 Å². The van der Waals surface area contributed by atoms with Crippen LogP contribution in [0.3, 0.4) is 0 Å². The van der Waals surface area contributed by atoms with Gasteiger partial charge >= 0.3 is 6.09 Å². The summed E-state index contributed by atoms with van der Waals surface area (Å²) in [5.74, 6) is 0. The summed E-state index contributed by atoms with van der Waals surface area (Å²) in [6.07, 6.45) is 0.603. The van der Waals surface area contributed by atoms with Crippen molar-refractivity contribution in [2.24, 2.45) is 5.73 Å². The summed E-state index contributed by atoms with van der Waals surface area (Å²) in [5.41, 5.74) is 5.42. The lowest BCUT2D eigenvalue weighted by Gasteiger charge is -2.31. The lowest BCUT2D eigenvalue weighted by molar-refractivity contribution is -0.0286. The van der Waals surface area contributed by atoms with Crippen LogP contribution < -0.4 is 5.73 Å². The van der Waals surface area contributed by atoms with Crippen molar-refractivity contribution in [2.75, 3.05) is 32.8 Å². The molecule has 0 spiro atoms. The number of nitrogens with two attached hydrogens (primary N) is 1. The number of nitrogens with zero attached hydrogens (tertiary/aromatic N) is 1. The molecular formula is C9H18N2O3. The fourth-order valence-electron chi connectivity index (χ4n) is 1.46. The van der Waals surface area contributed by atoms with Gasteiger partial charge in [0.15, 0.2) is 0 Å². The maximum absolute atomic E-state index is 11.4. The van der Waals surface area contributed by atoms with Crippen molar-refractivity contribution >= 4 is 6.09 Å². The third-order valence-corrected chi connectivity index (χ3v) is 2.15. The summed E-state index contributed by atoms with van der Waals surface area (Å²) < 4.78 is 10.4. The Kier molecular flexibility index (Phi) is 4.69. The Balaban J connectivity index is 2.35. The second-order valence-corrected chi connectivity index (χ2v) is 3.22. The van der Waals surface area contributed by atoms with Crippen molar-refractivity contribution in [3.8, 4) is 0 Å². The van der Waals surface area contributed by atoms with E-state index >= 15 is 0 Å². The van der Waals surface area contributed by atoms with Crippen LogP contribution in [0.2, 0.25) is 0 Å². The van der Waals surface area contributed by atoms with Crippen LogP contribution >= 0.6 is 0 Å². The van der Waals surface area contributed by atoms with E-state index in [1.54, 1.807) is 11.8 Å². The highest BCUT2D eigenvalue weighted by Gasteiger charge is 2.24. The Morgan fingerprint density at radius 2 is 2.50 bits per heavy atom. The molecule has 1 heterocycles. The monoisotopic (exact) mass is 202 g/mol. The molecule has 1 unspecified atom stereocenters. The molecule has 1 amide bonds. The highest BCUT2D eigenvalue weighted by atomic mass is 16.6. The molecule has 0 aromatic heterocycles. The summed E-state index contributed by atoms with van der Waals surface area (Å²) >= 11 is 0. The molecule has 0 aromatic carbocycles. The zero-order valence-corrected chi connectivity index (χ0v) is 8.57. The van der Waals surface area contributed by atoms with Crippen LogP contribution in [-0.4, -0.2) is 49.9 Å². The minimum atomic E-state index is -0.252. The predicted octanol–water partition coefficient (Wildman–Crippen LogP) is 0.193. The largest absolute Gasteiger partial charge is 0.450 e. The van der Waals surface area contributed by atoms with Crippen molar-refractivity contribution in [3.05, 3.63) is 0 Å². The second-order valence-electron chi connectivity index (χ2n) is 3.22. The molecule has 2 N–H and O–H groups in total. The van der Waals surface area contributed by atoms with Crippen LogP contribution in [0.15, 0.2) is 0 Å². The third kappa shape index (κ3) is 3.16. The SMILES string of the molecule is CCOC(=O)N1CCOC(CCN)C1. The van der Waals surface area contributed by atoms with Crippen LogP contribution in [0.5, 0.6) is 0 Å². The van der Waals surface area contributed by atoms with Gasteiger partial charge in [-0.3, -0.25) is 0 Å². The van der Waals surface area contributed by atoms with E-state index in [0.717, 1.165) is 6.42 Å². The van der Waals surface area contributed by atoms with Crippen molar-refractivity contribution in [1.29, 1.82) is 0 Å². The number of hydrogen-bond donors (Lipinski definition) is 1. The molecule has 0 bridgehead atoms. The van der Waals surface area contributed by atoms with Gasteiger partial charge in [0.25, 0.3) is 0 Å². The lowest BCUT2D eigenvalue weighted by atomic mass is 10.2. The van der Waals surface area contributed by atoms with Crippen LogP contribution in [-0.2, 0) is 9.47 Å². The summed E-state index contributed by atoms with van der Waals surface area (Å²) in [4.78, 5) is 13.0. The van der Waals surface area contributed by atoms with Gasteiger partial charge in [0, 0.05) is 6.54 Å². The van der Waals surface area contributed by atoms with E-state index in [9.17, 15) is 4.79 Å². The van der Waals surface area contributed by atoms with Gasteiger partial charge in [0.1, 0.15) is 0 Å². The van der Waals surface area contributed by atoms with Crippen molar-refractivity contribution in [3.63, 3.8) is 0 Å². The zero-order chi connectivity index (χ0) is 10.4. The number of carbonyl (C=O) groups is 1. The van der Waals surface area contributed by atoms with Crippen LogP contribution in [0.25, 0.3) is 0 Å². The summed E-state index contributed by atoms with van der Waals surface area (Å²) in [7, 11) is 0. The molecule has 0 aliphatic carbocycles. The highest BCUT2D eigenvalue weighted by molar-refractivity contribution is 5.67. The fraction of sp³-hybridized carbons (Fsp3) is 0.889. The molecule has 14 heavy (non-hydrogen) atoms. The van der Waals surface area contributed by atoms with Gasteiger partial charge < -0.3 is 20.1 Å². The van der Waals surface area contributed by atoms with E-state index in [1.165, 1.54) is 0 Å². The molecule has 1 saturated heterocycles. The van der Waals surface area contributed by atoms with Crippen molar-refractivity contribution < 1.29 is 14.3 Å².